The Bertz CT molecular complexity index is 139. The molecule has 2 unspecified atom stereocenters. The largest absolute Gasteiger partial charge is 0.396 e. The number of hydrogen-bond acceptors (Lipinski definition) is 3. The van der Waals surface area contributed by atoms with Gasteiger partial charge in [-0.15, -0.1) is 0 Å². The topological polar surface area (TPSA) is 52.5 Å². The van der Waals surface area contributed by atoms with Crippen molar-refractivity contribution in [2.24, 2.45) is 11.8 Å². The van der Waals surface area contributed by atoms with Crippen LogP contribution in [0.4, 0.5) is 0 Å². The second kappa shape index (κ2) is 5.58. The van der Waals surface area contributed by atoms with E-state index in [1.807, 2.05) is 0 Å². The van der Waals surface area contributed by atoms with Crippen molar-refractivity contribution in [3.8, 4) is 0 Å². The number of hydrogen-bond donors (Lipinski definition) is 3. The Labute approximate surface area is 80.2 Å². The van der Waals surface area contributed by atoms with Gasteiger partial charge in [-0.3, -0.25) is 0 Å². The third kappa shape index (κ3) is 3.63. The Kier molecular flexibility index (Phi) is 4.70. The standard InChI is InChI=1S/C10H21NO2/c1-8(13)5-11-6-9-3-2-4-10(9)7-12/h8-13H,2-7H2,1H3/t8-,9?,10?/m0/s1. The minimum absolute atomic E-state index is 0.269. The Balaban J connectivity index is 2.13. The zero-order chi connectivity index (χ0) is 9.68. The van der Waals surface area contributed by atoms with Crippen molar-refractivity contribution in [1.29, 1.82) is 0 Å². The SMILES string of the molecule is C[C@H](O)CNCC1CCCC1CO. The third-order valence-corrected chi connectivity index (χ3v) is 2.90. The van der Waals surface area contributed by atoms with Crippen molar-refractivity contribution in [3.05, 3.63) is 0 Å². The summed E-state index contributed by atoms with van der Waals surface area (Å²) in [5.74, 6) is 1.10. The molecule has 1 rings (SSSR count). The lowest BCUT2D eigenvalue weighted by molar-refractivity contribution is 0.173. The molecule has 0 amide bonds. The van der Waals surface area contributed by atoms with Crippen LogP contribution >= 0.6 is 0 Å². The molecule has 13 heavy (non-hydrogen) atoms. The molecular weight excluding hydrogens is 166 g/mol. The van der Waals surface area contributed by atoms with E-state index < -0.39 is 0 Å². The molecule has 1 saturated carbocycles. The van der Waals surface area contributed by atoms with Gasteiger partial charge in [-0.1, -0.05) is 6.42 Å². The first-order valence-corrected chi connectivity index (χ1v) is 5.23. The van der Waals surface area contributed by atoms with Gasteiger partial charge in [0.05, 0.1) is 6.10 Å². The van der Waals surface area contributed by atoms with Gasteiger partial charge in [0.2, 0.25) is 0 Å². The van der Waals surface area contributed by atoms with E-state index in [1.54, 1.807) is 6.92 Å². The highest BCUT2D eigenvalue weighted by atomic mass is 16.3. The molecule has 0 aromatic rings. The molecule has 1 aliphatic rings. The van der Waals surface area contributed by atoms with Gasteiger partial charge in [0, 0.05) is 13.2 Å². The van der Waals surface area contributed by atoms with Crippen molar-refractivity contribution < 1.29 is 10.2 Å². The van der Waals surface area contributed by atoms with E-state index in [-0.39, 0.29) is 6.10 Å². The van der Waals surface area contributed by atoms with E-state index in [4.69, 9.17) is 10.2 Å². The quantitative estimate of drug-likeness (QED) is 0.582. The van der Waals surface area contributed by atoms with Crippen LogP contribution in [0.1, 0.15) is 26.2 Å². The molecule has 3 atom stereocenters. The Morgan fingerprint density at radius 2 is 2.08 bits per heavy atom. The molecule has 0 aromatic carbocycles. The summed E-state index contributed by atoms with van der Waals surface area (Å²) < 4.78 is 0. The van der Waals surface area contributed by atoms with E-state index in [9.17, 15) is 0 Å². The molecule has 1 aliphatic carbocycles. The Morgan fingerprint density at radius 1 is 1.38 bits per heavy atom. The fraction of sp³-hybridized carbons (Fsp3) is 1.00. The third-order valence-electron chi connectivity index (χ3n) is 2.90. The average molecular weight is 187 g/mol. The van der Waals surface area contributed by atoms with Crippen LogP contribution in [-0.4, -0.2) is 36.0 Å². The van der Waals surface area contributed by atoms with Crippen LogP contribution in [0.2, 0.25) is 0 Å². The molecule has 3 heteroatoms. The van der Waals surface area contributed by atoms with Gasteiger partial charge in [0.15, 0.2) is 0 Å². The zero-order valence-corrected chi connectivity index (χ0v) is 8.37. The van der Waals surface area contributed by atoms with Crippen LogP contribution in [0.3, 0.4) is 0 Å². The molecule has 0 aromatic heterocycles. The molecule has 3 nitrogen and oxygen atoms in total. The maximum Gasteiger partial charge on any atom is 0.0636 e. The van der Waals surface area contributed by atoms with E-state index in [2.05, 4.69) is 5.32 Å². The number of nitrogens with one attached hydrogen (secondary N) is 1. The monoisotopic (exact) mass is 187 g/mol. The van der Waals surface area contributed by atoms with Gasteiger partial charge in [0.25, 0.3) is 0 Å². The van der Waals surface area contributed by atoms with Crippen molar-refractivity contribution in [2.45, 2.75) is 32.3 Å². The Morgan fingerprint density at radius 3 is 2.69 bits per heavy atom. The summed E-state index contributed by atoms with van der Waals surface area (Å²) in [4.78, 5) is 0. The van der Waals surface area contributed by atoms with Crippen LogP contribution in [0, 0.1) is 11.8 Å². The number of aliphatic hydroxyl groups is 2. The molecule has 1 fully saturated rings. The summed E-state index contributed by atoms with van der Waals surface area (Å²) in [6, 6.07) is 0. The first kappa shape index (κ1) is 11.0. The van der Waals surface area contributed by atoms with E-state index in [1.165, 1.54) is 12.8 Å². The van der Waals surface area contributed by atoms with Crippen LogP contribution in [0.5, 0.6) is 0 Å². The minimum atomic E-state index is -0.269. The molecule has 0 radical (unpaired) electrons. The number of aliphatic hydroxyl groups excluding tert-OH is 2. The molecular formula is C10H21NO2. The van der Waals surface area contributed by atoms with E-state index in [0.29, 0.717) is 25.0 Å². The molecule has 0 saturated heterocycles. The highest BCUT2D eigenvalue weighted by Gasteiger charge is 2.25. The van der Waals surface area contributed by atoms with Crippen molar-refractivity contribution in [1.82, 2.24) is 5.32 Å². The number of rotatable bonds is 5. The van der Waals surface area contributed by atoms with Crippen LogP contribution in [0.25, 0.3) is 0 Å². The molecule has 0 spiro atoms. The van der Waals surface area contributed by atoms with Crippen LogP contribution in [0.15, 0.2) is 0 Å². The summed E-state index contributed by atoms with van der Waals surface area (Å²) in [6.07, 6.45) is 3.36. The molecule has 0 bridgehead atoms. The fourth-order valence-electron chi connectivity index (χ4n) is 2.10. The van der Waals surface area contributed by atoms with Gasteiger partial charge in [-0.2, -0.15) is 0 Å². The van der Waals surface area contributed by atoms with Crippen molar-refractivity contribution in [2.75, 3.05) is 19.7 Å². The summed E-state index contributed by atoms with van der Waals surface area (Å²) in [5.41, 5.74) is 0. The zero-order valence-electron chi connectivity index (χ0n) is 8.37. The highest BCUT2D eigenvalue weighted by Crippen LogP contribution is 2.30. The summed E-state index contributed by atoms with van der Waals surface area (Å²) in [6.45, 7) is 3.71. The summed E-state index contributed by atoms with van der Waals surface area (Å²) >= 11 is 0. The first-order chi connectivity index (χ1) is 6.24. The lowest BCUT2D eigenvalue weighted by Gasteiger charge is -2.18. The predicted molar refractivity (Wildman–Crippen MR) is 52.5 cm³/mol. The molecule has 3 N–H and O–H groups in total. The van der Waals surface area contributed by atoms with Gasteiger partial charge in [-0.05, 0) is 38.1 Å². The molecule has 78 valence electrons. The summed E-state index contributed by atoms with van der Waals surface area (Å²) in [7, 11) is 0. The molecule has 0 heterocycles. The maximum atomic E-state index is 9.07. The second-order valence-electron chi connectivity index (χ2n) is 4.14. The fourth-order valence-corrected chi connectivity index (χ4v) is 2.10. The minimum Gasteiger partial charge on any atom is -0.396 e. The lowest BCUT2D eigenvalue weighted by atomic mass is 9.97. The highest BCUT2D eigenvalue weighted by molar-refractivity contribution is 4.78. The van der Waals surface area contributed by atoms with Gasteiger partial charge in [-0.25, -0.2) is 0 Å². The lowest BCUT2D eigenvalue weighted by Crippen LogP contribution is -2.31. The smallest absolute Gasteiger partial charge is 0.0636 e. The van der Waals surface area contributed by atoms with Crippen LogP contribution in [-0.2, 0) is 0 Å². The summed E-state index contributed by atoms with van der Waals surface area (Å²) in [5, 5.41) is 21.3. The first-order valence-electron chi connectivity index (χ1n) is 5.23. The molecule has 0 aliphatic heterocycles. The predicted octanol–water partition coefficient (Wildman–Crippen LogP) is 0.365. The average Bonchev–Trinajstić information content (AvgIpc) is 2.51. The maximum absolute atomic E-state index is 9.07. The van der Waals surface area contributed by atoms with Gasteiger partial charge >= 0.3 is 0 Å². The van der Waals surface area contributed by atoms with E-state index in [0.717, 1.165) is 13.0 Å². The Hall–Kier alpha value is -0.120. The van der Waals surface area contributed by atoms with Crippen molar-refractivity contribution >= 4 is 0 Å². The normalized spacial score (nSPS) is 30.7. The second-order valence-corrected chi connectivity index (χ2v) is 4.14. The van der Waals surface area contributed by atoms with Gasteiger partial charge in [0.1, 0.15) is 0 Å². The van der Waals surface area contributed by atoms with Crippen molar-refractivity contribution in [3.63, 3.8) is 0 Å². The van der Waals surface area contributed by atoms with E-state index >= 15 is 0 Å². The van der Waals surface area contributed by atoms with Gasteiger partial charge < -0.3 is 15.5 Å². The van der Waals surface area contributed by atoms with Crippen LogP contribution < -0.4 is 5.32 Å².